The molecule has 3 nitrogen and oxygen atoms in total. The van der Waals surface area contributed by atoms with Crippen LogP contribution < -0.4 is 0 Å². The Hall–Kier alpha value is -0.940. The van der Waals surface area contributed by atoms with Crippen molar-refractivity contribution >= 4 is 48.7 Å². The van der Waals surface area contributed by atoms with E-state index >= 15 is 0 Å². The monoisotopic (exact) mass is 371 g/mol. The molecule has 0 unspecified atom stereocenters. The lowest BCUT2D eigenvalue weighted by atomic mass is 10.0. The van der Waals surface area contributed by atoms with Crippen molar-refractivity contribution in [3.05, 3.63) is 38.4 Å². The molecule has 2 aromatic rings. The first-order chi connectivity index (χ1) is 8.40. The number of fused-ring (bicyclic) bond motifs is 1. The highest BCUT2D eigenvalue weighted by atomic mass is 79.9. The predicted octanol–water partition coefficient (Wildman–Crippen LogP) is 4.58. The maximum absolute atomic E-state index is 11.4. The van der Waals surface area contributed by atoms with E-state index in [9.17, 15) is 9.90 Å². The quantitative estimate of drug-likeness (QED) is 0.839. The summed E-state index contributed by atoms with van der Waals surface area (Å²) < 4.78 is 1.61. The van der Waals surface area contributed by atoms with Crippen molar-refractivity contribution in [3.8, 4) is 0 Å². The third kappa shape index (κ3) is 2.42. The topological polar surface area (TPSA) is 50.2 Å². The molecule has 2 rings (SSSR count). The van der Waals surface area contributed by atoms with Crippen LogP contribution >= 0.6 is 31.9 Å². The van der Waals surface area contributed by atoms with Crippen LogP contribution in [-0.4, -0.2) is 16.1 Å². The van der Waals surface area contributed by atoms with Gasteiger partial charge in [0.1, 0.15) is 0 Å². The van der Waals surface area contributed by atoms with Crippen molar-refractivity contribution in [1.29, 1.82) is 0 Å². The predicted molar refractivity (Wildman–Crippen MR) is 78.2 cm³/mol. The summed E-state index contributed by atoms with van der Waals surface area (Å²) in [6, 6.07) is 5.29. The Labute approximate surface area is 121 Å². The standard InChI is InChI=1S/C13H11Br2NO2/c1-6(2)11-5-9(13(17)18)8-3-7(14)4-10(15)12(8)16-11/h3-6H,1-2H3,(H,17,18). The van der Waals surface area contributed by atoms with E-state index < -0.39 is 5.97 Å². The van der Waals surface area contributed by atoms with Gasteiger partial charge in [-0.1, -0.05) is 29.8 Å². The van der Waals surface area contributed by atoms with E-state index in [4.69, 9.17) is 0 Å². The summed E-state index contributed by atoms with van der Waals surface area (Å²) >= 11 is 6.79. The minimum atomic E-state index is -0.936. The largest absolute Gasteiger partial charge is 0.478 e. The van der Waals surface area contributed by atoms with Gasteiger partial charge in [0.15, 0.2) is 0 Å². The van der Waals surface area contributed by atoms with Crippen LogP contribution in [-0.2, 0) is 0 Å². The van der Waals surface area contributed by atoms with Crippen LogP contribution in [0.5, 0.6) is 0 Å². The number of carbonyl (C=O) groups is 1. The van der Waals surface area contributed by atoms with E-state index in [0.29, 0.717) is 10.9 Å². The first-order valence-corrected chi connectivity index (χ1v) is 7.01. The third-order valence-corrected chi connectivity index (χ3v) is 3.74. The molecule has 0 radical (unpaired) electrons. The summed E-state index contributed by atoms with van der Waals surface area (Å²) in [6.45, 7) is 3.99. The van der Waals surface area contributed by atoms with E-state index in [2.05, 4.69) is 36.8 Å². The third-order valence-electron chi connectivity index (χ3n) is 2.67. The number of pyridine rings is 1. The zero-order valence-electron chi connectivity index (χ0n) is 9.87. The lowest BCUT2D eigenvalue weighted by molar-refractivity contribution is 0.0699. The number of nitrogens with zero attached hydrogens (tertiary/aromatic N) is 1. The number of hydrogen-bond donors (Lipinski definition) is 1. The van der Waals surface area contributed by atoms with E-state index in [0.717, 1.165) is 14.6 Å². The van der Waals surface area contributed by atoms with Gasteiger partial charge in [-0.05, 0) is 40.0 Å². The molecule has 1 N–H and O–H groups in total. The van der Waals surface area contributed by atoms with Crippen molar-refractivity contribution in [2.75, 3.05) is 0 Å². The molecule has 1 heterocycles. The van der Waals surface area contributed by atoms with Gasteiger partial charge in [0.25, 0.3) is 0 Å². The number of benzene rings is 1. The Morgan fingerprint density at radius 1 is 1.28 bits per heavy atom. The number of carboxylic acid groups (broad SMARTS) is 1. The molecule has 5 heteroatoms. The van der Waals surface area contributed by atoms with Crippen LogP contribution in [0.3, 0.4) is 0 Å². The first-order valence-electron chi connectivity index (χ1n) is 5.43. The van der Waals surface area contributed by atoms with Gasteiger partial charge >= 0.3 is 5.97 Å². The van der Waals surface area contributed by atoms with E-state index in [-0.39, 0.29) is 11.5 Å². The Kier molecular flexibility index (Phi) is 3.73. The summed E-state index contributed by atoms with van der Waals surface area (Å²) in [4.78, 5) is 15.9. The molecule has 18 heavy (non-hydrogen) atoms. The number of carboxylic acids is 1. The fraction of sp³-hybridized carbons (Fsp3) is 0.231. The Balaban J connectivity index is 2.90. The Morgan fingerprint density at radius 3 is 2.50 bits per heavy atom. The van der Waals surface area contributed by atoms with Crippen LogP contribution in [0, 0.1) is 0 Å². The van der Waals surface area contributed by atoms with Gasteiger partial charge in [-0.25, -0.2) is 4.79 Å². The van der Waals surface area contributed by atoms with Gasteiger partial charge in [-0.2, -0.15) is 0 Å². The molecular weight excluding hydrogens is 362 g/mol. The van der Waals surface area contributed by atoms with Gasteiger partial charge in [-0.3, -0.25) is 4.98 Å². The minimum absolute atomic E-state index is 0.183. The molecule has 0 bridgehead atoms. The average molecular weight is 373 g/mol. The number of rotatable bonds is 2. The Bertz CT molecular complexity index is 638. The van der Waals surface area contributed by atoms with E-state index in [1.165, 1.54) is 0 Å². The maximum Gasteiger partial charge on any atom is 0.336 e. The van der Waals surface area contributed by atoms with Crippen molar-refractivity contribution in [2.24, 2.45) is 0 Å². The zero-order chi connectivity index (χ0) is 13.4. The Morgan fingerprint density at radius 2 is 1.94 bits per heavy atom. The normalized spacial score (nSPS) is 11.2. The van der Waals surface area contributed by atoms with Gasteiger partial charge in [0.05, 0.1) is 11.1 Å². The smallest absolute Gasteiger partial charge is 0.336 e. The highest BCUT2D eigenvalue weighted by Crippen LogP contribution is 2.31. The zero-order valence-corrected chi connectivity index (χ0v) is 13.0. The van der Waals surface area contributed by atoms with Crippen LogP contribution in [0.2, 0.25) is 0 Å². The minimum Gasteiger partial charge on any atom is -0.478 e. The fourth-order valence-electron chi connectivity index (χ4n) is 1.74. The summed E-state index contributed by atoms with van der Waals surface area (Å²) in [5, 5.41) is 9.95. The number of aromatic nitrogens is 1. The molecule has 0 aliphatic carbocycles. The molecule has 1 aromatic heterocycles. The fourth-order valence-corrected chi connectivity index (χ4v) is 3.06. The number of aromatic carboxylic acids is 1. The molecule has 0 aliphatic heterocycles. The summed E-state index contributed by atoms with van der Waals surface area (Å²) in [6.07, 6.45) is 0. The molecule has 0 spiro atoms. The number of hydrogen-bond acceptors (Lipinski definition) is 2. The average Bonchev–Trinajstić information content (AvgIpc) is 2.27. The second-order valence-corrected chi connectivity index (χ2v) is 6.11. The molecule has 94 valence electrons. The van der Waals surface area contributed by atoms with Crippen molar-refractivity contribution in [3.63, 3.8) is 0 Å². The molecule has 1 aromatic carbocycles. The second-order valence-electron chi connectivity index (χ2n) is 4.34. The van der Waals surface area contributed by atoms with Crippen molar-refractivity contribution in [1.82, 2.24) is 4.98 Å². The van der Waals surface area contributed by atoms with Crippen molar-refractivity contribution in [2.45, 2.75) is 19.8 Å². The SMILES string of the molecule is CC(C)c1cc(C(=O)O)c2cc(Br)cc(Br)c2n1. The molecule has 0 saturated heterocycles. The molecule has 0 aliphatic rings. The summed E-state index contributed by atoms with van der Waals surface area (Å²) in [5.41, 5.74) is 1.75. The van der Waals surface area contributed by atoms with Gasteiger partial charge in [0.2, 0.25) is 0 Å². The summed E-state index contributed by atoms with van der Waals surface area (Å²) in [7, 11) is 0. The first kappa shape index (κ1) is 13.5. The summed E-state index contributed by atoms with van der Waals surface area (Å²) in [5.74, 6) is -0.752. The molecule has 0 saturated carbocycles. The van der Waals surface area contributed by atoms with Crippen LogP contribution in [0.25, 0.3) is 10.9 Å². The number of halogens is 2. The molecule has 0 fully saturated rings. The van der Waals surface area contributed by atoms with Crippen LogP contribution in [0.15, 0.2) is 27.1 Å². The van der Waals surface area contributed by atoms with Gasteiger partial charge in [-0.15, -0.1) is 0 Å². The lowest BCUT2D eigenvalue weighted by Gasteiger charge is -2.10. The van der Waals surface area contributed by atoms with Gasteiger partial charge in [0, 0.05) is 20.0 Å². The van der Waals surface area contributed by atoms with Crippen LogP contribution in [0.4, 0.5) is 0 Å². The highest BCUT2D eigenvalue weighted by Gasteiger charge is 2.15. The molecule has 0 atom stereocenters. The van der Waals surface area contributed by atoms with Gasteiger partial charge < -0.3 is 5.11 Å². The maximum atomic E-state index is 11.4. The highest BCUT2D eigenvalue weighted by molar-refractivity contribution is 9.11. The van der Waals surface area contributed by atoms with Crippen LogP contribution in [0.1, 0.15) is 35.8 Å². The van der Waals surface area contributed by atoms with E-state index in [1.807, 2.05) is 19.9 Å². The lowest BCUT2D eigenvalue weighted by Crippen LogP contribution is -2.03. The van der Waals surface area contributed by atoms with E-state index in [1.54, 1.807) is 12.1 Å². The molecular formula is C13H11Br2NO2. The second kappa shape index (κ2) is 4.97. The van der Waals surface area contributed by atoms with Crippen molar-refractivity contribution < 1.29 is 9.90 Å². The molecule has 0 amide bonds.